The van der Waals surface area contributed by atoms with Crippen molar-refractivity contribution in [1.82, 2.24) is 0 Å². The number of rotatable bonds is 3. The third kappa shape index (κ3) is 2.46. The van der Waals surface area contributed by atoms with Crippen LogP contribution in [0.15, 0.2) is 42.5 Å². The molecule has 0 saturated carbocycles. The van der Waals surface area contributed by atoms with E-state index in [1.165, 1.54) is 22.3 Å². The molecule has 0 aliphatic heterocycles. The van der Waals surface area contributed by atoms with Gasteiger partial charge in [-0.2, -0.15) is 0 Å². The predicted octanol–water partition coefficient (Wildman–Crippen LogP) is 4.28. The van der Waals surface area contributed by atoms with Gasteiger partial charge in [0.1, 0.15) is 0 Å². The summed E-state index contributed by atoms with van der Waals surface area (Å²) in [5, 5.41) is 9.56. The molecule has 0 bridgehead atoms. The number of aliphatic hydroxyl groups is 1. The maximum absolute atomic E-state index is 9.56. The van der Waals surface area contributed by atoms with E-state index in [0.29, 0.717) is 5.92 Å². The summed E-state index contributed by atoms with van der Waals surface area (Å²) in [6.07, 6.45) is 0. The van der Waals surface area contributed by atoms with E-state index in [1.807, 2.05) is 6.07 Å². The molecule has 2 aromatic rings. The van der Waals surface area contributed by atoms with Crippen molar-refractivity contribution in [3.63, 3.8) is 0 Å². The first-order chi connectivity index (χ1) is 8.63. The Labute approximate surface area is 109 Å². The van der Waals surface area contributed by atoms with Crippen molar-refractivity contribution in [2.75, 3.05) is 0 Å². The second kappa shape index (κ2) is 5.36. The van der Waals surface area contributed by atoms with Crippen molar-refractivity contribution < 1.29 is 5.11 Å². The van der Waals surface area contributed by atoms with Gasteiger partial charge in [-0.15, -0.1) is 0 Å². The molecule has 2 aromatic carbocycles. The molecule has 0 aliphatic rings. The maximum atomic E-state index is 9.56. The molecular weight excluding hydrogens is 220 g/mol. The van der Waals surface area contributed by atoms with Gasteiger partial charge >= 0.3 is 0 Å². The Morgan fingerprint density at radius 3 is 2.28 bits per heavy atom. The van der Waals surface area contributed by atoms with Gasteiger partial charge in [-0.3, -0.25) is 0 Å². The molecule has 0 heterocycles. The summed E-state index contributed by atoms with van der Waals surface area (Å²) in [5.41, 5.74) is 5.97. The van der Waals surface area contributed by atoms with Gasteiger partial charge in [0.05, 0.1) is 6.61 Å². The van der Waals surface area contributed by atoms with Crippen molar-refractivity contribution >= 4 is 0 Å². The first-order valence-corrected chi connectivity index (χ1v) is 6.43. The van der Waals surface area contributed by atoms with Crippen LogP contribution in [0.3, 0.4) is 0 Å². The molecule has 0 aromatic heterocycles. The minimum atomic E-state index is 0.106. The Morgan fingerprint density at radius 2 is 1.72 bits per heavy atom. The van der Waals surface area contributed by atoms with E-state index in [1.54, 1.807) is 0 Å². The highest BCUT2D eigenvalue weighted by atomic mass is 16.3. The van der Waals surface area contributed by atoms with E-state index in [0.717, 1.165) is 5.56 Å². The average Bonchev–Trinajstić information content (AvgIpc) is 2.38. The van der Waals surface area contributed by atoms with Gasteiger partial charge in [0, 0.05) is 0 Å². The van der Waals surface area contributed by atoms with Crippen LogP contribution in [-0.4, -0.2) is 5.11 Å². The van der Waals surface area contributed by atoms with Crippen LogP contribution < -0.4 is 0 Å². The fraction of sp³-hybridized carbons (Fsp3) is 0.294. The van der Waals surface area contributed by atoms with E-state index < -0.39 is 0 Å². The number of hydrogen-bond donors (Lipinski definition) is 1. The largest absolute Gasteiger partial charge is 0.392 e. The van der Waals surface area contributed by atoms with Gasteiger partial charge in [0.2, 0.25) is 0 Å². The Kier molecular flexibility index (Phi) is 3.83. The Bertz CT molecular complexity index is 527. The second-order valence-electron chi connectivity index (χ2n) is 5.06. The lowest BCUT2D eigenvalue weighted by atomic mass is 9.87. The van der Waals surface area contributed by atoms with Crippen LogP contribution in [0.4, 0.5) is 0 Å². The first kappa shape index (κ1) is 12.8. The zero-order chi connectivity index (χ0) is 13.1. The molecular formula is C17H20O. The monoisotopic (exact) mass is 240 g/mol. The number of aliphatic hydroxyl groups excluding tert-OH is 1. The molecule has 0 fully saturated rings. The Morgan fingerprint density at radius 1 is 1.06 bits per heavy atom. The molecule has 1 N–H and O–H groups in total. The van der Waals surface area contributed by atoms with Crippen LogP contribution in [0, 0.1) is 6.92 Å². The van der Waals surface area contributed by atoms with E-state index >= 15 is 0 Å². The lowest BCUT2D eigenvalue weighted by molar-refractivity contribution is 0.280. The van der Waals surface area contributed by atoms with Crippen LogP contribution in [-0.2, 0) is 6.61 Å². The van der Waals surface area contributed by atoms with Crippen LogP contribution in [0.1, 0.15) is 36.5 Å². The molecule has 0 atom stereocenters. The van der Waals surface area contributed by atoms with E-state index in [-0.39, 0.29) is 6.61 Å². The zero-order valence-electron chi connectivity index (χ0n) is 11.3. The van der Waals surface area contributed by atoms with Gasteiger partial charge < -0.3 is 5.11 Å². The second-order valence-corrected chi connectivity index (χ2v) is 5.06. The van der Waals surface area contributed by atoms with Crippen molar-refractivity contribution in [1.29, 1.82) is 0 Å². The minimum Gasteiger partial charge on any atom is -0.392 e. The SMILES string of the molecule is Cc1cc(CO)c(C(C)C)c(-c2ccccc2)c1. The summed E-state index contributed by atoms with van der Waals surface area (Å²) in [4.78, 5) is 0. The highest BCUT2D eigenvalue weighted by molar-refractivity contribution is 5.70. The topological polar surface area (TPSA) is 20.2 Å². The fourth-order valence-corrected chi connectivity index (χ4v) is 2.54. The number of benzene rings is 2. The van der Waals surface area contributed by atoms with E-state index in [4.69, 9.17) is 0 Å². The van der Waals surface area contributed by atoms with Gasteiger partial charge in [0.25, 0.3) is 0 Å². The van der Waals surface area contributed by atoms with Crippen LogP contribution >= 0.6 is 0 Å². The normalized spacial score (nSPS) is 10.9. The molecule has 1 nitrogen and oxygen atoms in total. The molecule has 0 aliphatic carbocycles. The summed E-state index contributed by atoms with van der Waals surface area (Å²) in [6, 6.07) is 14.7. The minimum absolute atomic E-state index is 0.106. The summed E-state index contributed by atoms with van der Waals surface area (Å²) in [5.74, 6) is 0.406. The fourth-order valence-electron chi connectivity index (χ4n) is 2.54. The van der Waals surface area contributed by atoms with Crippen LogP contribution in [0.5, 0.6) is 0 Å². The van der Waals surface area contributed by atoms with E-state index in [9.17, 15) is 5.11 Å². The average molecular weight is 240 g/mol. The smallest absolute Gasteiger partial charge is 0.0684 e. The maximum Gasteiger partial charge on any atom is 0.0684 e. The van der Waals surface area contributed by atoms with Gasteiger partial charge in [0.15, 0.2) is 0 Å². The lowest BCUT2D eigenvalue weighted by Crippen LogP contribution is -2.01. The summed E-state index contributed by atoms with van der Waals surface area (Å²) in [6.45, 7) is 6.54. The molecule has 1 heteroatoms. The summed E-state index contributed by atoms with van der Waals surface area (Å²) in [7, 11) is 0. The molecule has 18 heavy (non-hydrogen) atoms. The number of hydrogen-bond acceptors (Lipinski definition) is 1. The third-order valence-corrected chi connectivity index (χ3v) is 3.24. The van der Waals surface area contributed by atoms with Crippen molar-refractivity contribution in [2.45, 2.75) is 33.3 Å². The Hall–Kier alpha value is -1.60. The quantitative estimate of drug-likeness (QED) is 0.849. The van der Waals surface area contributed by atoms with Gasteiger partial charge in [-0.25, -0.2) is 0 Å². The van der Waals surface area contributed by atoms with E-state index in [2.05, 4.69) is 57.2 Å². The summed E-state index contributed by atoms with van der Waals surface area (Å²) >= 11 is 0. The number of aryl methyl sites for hydroxylation is 1. The van der Waals surface area contributed by atoms with Crippen LogP contribution in [0.25, 0.3) is 11.1 Å². The van der Waals surface area contributed by atoms with Crippen LogP contribution in [0.2, 0.25) is 0 Å². The third-order valence-electron chi connectivity index (χ3n) is 3.24. The Balaban J connectivity index is 2.69. The highest BCUT2D eigenvalue weighted by Crippen LogP contribution is 2.33. The zero-order valence-corrected chi connectivity index (χ0v) is 11.3. The molecule has 0 amide bonds. The lowest BCUT2D eigenvalue weighted by Gasteiger charge is -2.18. The molecule has 0 radical (unpaired) electrons. The standard InChI is InChI=1S/C17H20O/c1-12(2)17-15(11-18)9-13(3)10-16(17)14-7-5-4-6-8-14/h4-10,12,18H,11H2,1-3H3. The van der Waals surface area contributed by atoms with Gasteiger partial charge in [-0.05, 0) is 35.1 Å². The molecule has 2 rings (SSSR count). The molecule has 0 saturated heterocycles. The molecule has 94 valence electrons. The van der Waals surface area contributed by atoms with Crippen molar-refractivity contribution in [3.8, 4) is 11.1 Å². The van der Waals surface area contributed by atoms with Gasteiger partial charge in [-0.1, -0.05) is 61.9 Å². The molecule has 0 spiro atoms. The highest BCUT2D eigenvalue weighted by Gasteiger charge is 2.13. The van der Waals surface area contributed by atoms with Crippen molar-refractivity contribution in [3.05, 3.63) is 59.2 Å². The summed E-state index contributed by atoms with van der Waals surface area (Å²) < 4.78 is 0. The van der Waals surface area contributed by atoms with Crippen molar-refractivity contribution in [2.24, 2.45) is 0 Å². The first-order valence-electron chi connectivity index (χ1n) is 6.43. The molecule has 0 unspecified atom stereocenters. The predicted molar refractivity (Wildman–Crippen MR) is 76.6 cm³/mol.